The van der Waals surface area contributed by atoms with Crippen molar-refractivity contribution in [2.24, 2.45) is 5.92 Å². The lowest BCUT2D eigenvalue weighted by Gasteiger charge is -2.19. The molecule has 0 aliphatic carbocycles. The molecular weight excluding hydrogens is 346 g/mol. The van der Waals surface area contributed by atoms with E-state index in [2.05, 4.69) is 13.0 Å². The van der Waals surface area contributed by atoms with Crippen LogP contribution in [-0.2, 0) is 13.0 Å². The van der Waals surface area contributed by atoms with Gasteiger partial charge in [-0.2, -0.15) is 5.26 Å². The van der Waals surface area contributed by atoms with E-state index in [-0.39, 0.29) is 11.5 Å². The molecule has 4 heteroatoms. The molecule has 0 aliphatic heterocycles. The molecule has 3 rings (SSSR count). The standard InChI is InChI=1S/C24H27N3O/c1-4-5-9-18-12-13-20-22(14-18)26-23(21(15-25)17(2)3)27(24(20)28)16-19-10-7-6-8-11-19/h6-8,10-14,17,21H,4-5,9,16H2,1-3H3. The van der Waals surface area contributed by atoms with Gasteiger partial charge in [-0.1, -0.05) is 63.6 Å². The van der Waals surface area contributed by atoms with Gasteiger partial charge in [-0.15, -0.1) is 0 Å². The van der Waals surface area contributed by atoms with Crippen molar-refractivity contribution in [2.75, 3.05) is 0 Å². The van der Waals surface area contributed by atoms with Crippen molar-refractivity contribution >= 4 is 10.9 Å². The monoisotopic (exact) mass is 373 g/mol. The zero-order chi connectivity index (χ0) is 20.1. The molecule has 0 saturated heterocycles. The van der Waals surface area contributed by atoms with Gasteiger partial charge in [-0.25, -0.2) is 4.98 Å². The molecule has 0 spiro atoms. The van der Waals surface area contributed by atoms with Gasteiger partial charge in [0.1, 0.15) is 11.7 Å². The van der Waals surface area contributed by atoms with Crippen LogP contribution in [0.5, 0.6) is 0 Å². The van der Waals surface area contributed by atoms with Crippen LogP contribution >= 0.6 is 0 Å². The van der Waals surface area contributed by atoms with Gasteiger partial charge < -0.3 is 0 Å². The topological polar surface area (TPSA) is 58.7 Å². The molecule has 2 aromatic carbocycles. The van der Waals surface area contributed by atoms with Gasteiger partial charge in [0, 0.05) is 0 Å². The van der Waals surface area contributed by atoms with Crippen LogP contribution in [0.2, 0.25) is 0 Å². The zero-order valence-corrected chi connectivity index (χ0v) is 16.9. The number of hydrogen-bond donors (Lipinski definition) is 0. The fourth-order valence-corrected chi connectivity index (χ4v) is 3.48. The number of nitrogens with zero attached hydrogens (tertiary/aromatic N) is 3. The minimum Gasteiger partial charge on any atom is -0.291 e. The van der Waals surface area contributed by atoms with Gasteiger partial charge in [0.2, 0.25) is 0 Å². The molecular formula is C24H27N3O. The molecule has 0 N–H and O–H groups in total. The second kappa shape index (κ2) is 8.84. The van der Waals surface area contributed by atoms with Crippen LogP contribution < -0.4 is 5.56 Å². The third-order valence-corrected chi connectivity index (χ3v) is 5.14. The summed E-state index contributed by atoms with van der Waals surface area (Å²) in [4.78, 5) is 18.2. The van der Waals surface area contributed by atoms with Crippen molar-refractivity contribution < 1.29 is 0 Å². The lowest BCUT2D eigenvalue weighted by molar-refractivity contribution is 0.525. The number of rotatable bonds is 7. The van der Waals surface area contributed by atoms with Crippen LogP contribution in [0.4, 0.5) is 0 Å². The Bertz CT molecular complexity index is 1050. The third kappa shape index (κ3) is 4.14. The molecule has 1 unspecified atom stereocenters. The van der Waals surface area contributed by atoms with Gasteiger partial charge in [0.05, 0.1) is 23.5 Å². The fourth-order valence-electron chi connectivity index (χ4n) is 3.48. The Morgan fingerprint density at radius 3 is 2.50 bits per heavy atom. The summed E-state index contributed by atoms with van der Waals surface area (Å²) < 4.78 is 1.68. The van der Waals surface area contributed by atoms with Crippen molar-refractivity contribution in [3.05, 3.63) is 75.8 Å². The number of hydrogen-bond acceptors (Lipinski definition) is 3. The SMILES string of the molecule is CCCCc1ccc2c(=O)n(Cc3ccccc3)c(C(C#N)C(C)C)nc2c1. The summed E-state index contributed by atoms with van der Waals surface area (Å²) in [5.74, 6) is 0.200. The molecule has 0 fully saturated rings. The second-order valence-electron chi connectivity index (χ2n) is 7.65. The van der Waals surface area contributed by atoms with E-state index in [1.165, 1.54) is 5.56 Å². The average Bonchev–Trinajstić information content (AvgIpc) is 2.70. The Morgan fingerprint density at radius 2 is 1.86 bits per heavy atom. The predicted octanol–water partition coefficient (Wildman–Crippen LogP) is 5.05. The Kier molecular flexibility index (Phi) is 6.26. The number of unbranched alkanes of at least 4 members (excludes halogenated alkanes) is 1. The van der Waals surface area contributed by atoms with E-state index in [0.717, 1.165) is 24.8 Å². The molecule has 0 aliphatic rings. The Morgan fingerprint density at radius 1 is 1.11 bits per heavy atom. The molecule has 0 saturated carbocycles. The number of nitriles is 1. The van der Waals surface area contributed by atoms with Crippen molar-refractivity contribution in [3.8, 4) is 6.07 Å². The van der Waals surface area contributed by atoms with E-state index in [9.17, 15) is 10.1 Å². The van der Waals surface area contributed by atoms with Gasteiger partial charge in [-0.3, -0.25) is 9.36 Å². The van der Waals surface area contributed by atoms with Crippen molar-refractivity contribution in [2.45, 2.75) is 52.5 Å². The van der Waals surface area contributed by atoms with Crippen LogP contribution in [-0.4, -0.2) is 9.55 Å². The summed E-state index contributed by atoms with van der Waals surface area (Å²) in [6.07, 6.45) is 3.21. The first kappa shape index (κ1) is 19.8. The normalized spacial score (nSPS) is 12.2. The van der Waals surface area contributed by atoms with Crippen molar-refractivity contribution in [1.82, 2.24) is 9.55 Å². The first-order chi connectivity index (χ1) is 13.5. The summed E-state index contributed by atoms with van der Waals surface area (Å²) in [6.45, 7) is 6.57. The summed E-state index contributed by atoms with van der Waals surface area (Å²) in [7, 11) is 0. The fraction of sp³-hybridized carbons (Fsp3) is 0.375. The van der Waals surface area contributed by atoms with Crippen molar-refractivity contribution in [1.29, 1.82) is 5.26 Å². The van der Waals surface area contributed by atoms with Crippen molar-refractivity contribution in [3.63, 3.8) is 0 Å². The number of aromatic nitrogens is 2. The predicted molar refractivity (Wildman–Crippen MR) is 113 cm³/mol. The Balaban J connectivity index is 2.19. The Hall–Kier alpha value is -2.93. The molecule has 0 radical (unpaired) electrons. The van der Waals surface area contributed by atoms with E-state index >= 15 is 0 Å². The third-order valence-electron chi connectivity index (χ3n) is 5.14. The van der Waals surface area contributed by atoms with Gasteiger partial charge in [0.15, 0.2) is 0 Å². The van der Waals surface area contributed by atoms with E-state index < -0.39 is 5.92 Å². The highest BCUT2D eigenvalue weighted by molar-refractivity contribution is 5.78. The van der Waals surface area contributed by atoms with Crippen LogP contribution in [0.3, 0.4) is 0 Å². The largest absolute Gasteiger partial charge is 0.291 e. The molecule has 1 aromatic heterocycles. The Labute approximate surface area is 166 Å². The molecule has 1 heterocycles. The summed E-state index contributed by atoms with van der Waals surface area (Å²) in [5.41, 5.74) is 2.82. The first-order valence-corrected chi connectivity index (χ1v) is 10.0. The lowest BCUT2D eigenvalue weighted by Crippen LogP contribution is -2.28. The van der Waals surface area contributed by atoms with Crippen LogP contribution in [0.15, 0.2) is 53.3 Å². The number of aryl methyl sites for hydroxylation is 1. The summed E-state index contributed by atoms with van der Waals surface area (Å²) in [5, 5.41) is 10.4. The molecule has 28 heavy (non-hydrogen) atoms. The molecule has 1 atom stereocenters. The maximum atomic E-state index is 13.3. The van der Waals surface area contributed by atoms with E-state index in [1.807, 2.05) is 62.4 Å². The molecule has 0 bridgehead atoms. The first-order valence-electron chi connectivity index (χ1n) is 10.0. The highest BCUT2D eigenvalue weighted by Crippen LogP contribution is 2.24. The molecule has 4 nitrogen and oxygen atoms in total. The molecule has 0 amide bonds. The maximum Gasteiger partial charge on any atom is 0.261 e. The summed E-state index contributed by atoms with van der Waals surface area (Å²) in [6, 6.07) is 18.1. The van der Waals surface area contributed by atoms with Gasteiger partial charge >= 0.3 is 0 Å². The maximum absolute atomic E-state index is 13.3. The lowest BCUT2D eigenvalue weighted by atomic mass is 9.95. The molecule has 144 valence electrons. The highest BCUT2D eigenvalue weighted by Gasteiger charge is 2.23. The molecule has 3 aromatic rings. The number of fused-ring (bicyclic) bond motifs is 1. The minimum atomic E-state index is -0.430. The number of benzene rings is 2. The van der Waals surface area contributed by atoms with Gasteiger partial charge in [0.25, 0.3) is 5.56 Å². The second-order valence-corrected chi connectivity index (χ2v) is 7.65. The smallest absolute Gasteiger partial charge is 0.261 e. The quantitative estimate of drug-likeness (QED) is 0.582. The van der Waals surface area contributed by atoms with Gasteiger partial charge in [-0.05, 0) is 42.0 Å². The van der Waals surface area contributed by atoms with Crippen LogP contribution in [0.25, 0.3) is 10.9 Å². The minimum absolute atomic E-state index is 0.0691. The van der Waals surface area contributed by atoms with E-state index in [4.69, 9.17) is 4.98 Å². The average molecular weight is 374 g/mol. The van der Waals surface area contributed by atoms with E-state index in [0.29, 0.717) is 23.3 Å². The highest BCUT2D eigenvalue weighted by atomic mass is 16.1. The van der Waals surface area contributed by atoms with Crippen LogP contribution in [0.1, 0.15) is 56.5 Å². The zero-order valence-electron chi connectivity index (χ0n) is 16.9. The summed E-state index contributed by atoms with van der Waals surface area (Å²) >= 11 is 0. The van der Waals surface area contributed by atoms with Crippen LogP contribution in [0, 0.1) is 17.2 Å². The van der Waals surface area contributed by atoms with E-state index in [1.54, 1.807) is 4.57 Å².